The second-order valence-electron chi connectivity index (χ2n) is 4.38. The monoisotopic (exact) mass is 277 g/mol. The molecule has 19 heavy (non-hydrogen) atoms. The van der Waals surface area contributed by atoms with Crippen LogP contribution < -0.4 is 0 Å². The van der Waals surface area contributed by atoms with Gasteiger partial charge in [-0.05, 0) is 18.1 Å². The van der Waals surface area contributed by atoms with Crippen molar-refractivity contribution in [2.45, 2.75) is 26.4 Å². The number of thiazole rings is 1. The maximum absolute atomic E-state index is 9.17. The Labute approximate surface area is 117 Å². The highest BCUT2D eigenvalue weighted by molar-refractivity contribution is 7.09. The van der Waals surface area contributed by atoms with Crippen LogP contribution in [0.25, 0.3) is 0 Å². The minimum atomic E-state index is 0.158. The van der Waals surface area contributed by atoms with Gasteiger partial charge < -0.3 is 5.11 Å². The summed E-state index contributed by atoms with van der Waals surface area (Å²) >= 11 is 1.70. The number of rotatable bonds is 7. The summed E-state index contributed by atoms with van der Waals surface area (Å²) in [6, 6.07) is 3.99. The molecule has 5 heteroatoms. The predicted molar refractivity (Wildman–Crippen MR) is 76.9 cm³/mol. The molecule has 2 aromatic heterocycles. The van der Waals surface area contributed by atoms with Crippen molar-refractivity contribution in [2.75, 3.05) is 13.2 Å². The second-order valence-corrected chi connectivity index (χ2v) is 5.32. The normalized spacial score (nSPS) is 11.1. The Morgan fingerprint density at radius 2 is 2.26 bits per heavy atom. The summed E-state index contributed by atoms with van der Waals surface area (Å²) in [6.07, 6.45) is 4.62. The molecule has 0 aromatic carbocycles. The third-order valence-electron chi connectivity index (χ3n) is 2.83. The van der Waals surface area contributed by atoms with Gasteiger partial charge in [-0.25, -0.2) is 4.98 Å². The van der Waals surface area contributed by atoms with E-state index in [2.05, 4.69) is 33.2 Å². The van der Waals surface area contributed by atoms with E-state index in [9.17, 15) is 0 Å². The van der Waals surface area contributed by atoms with Crippen LogP contribution in [0.5, 0.6) is 0 Å². The molecule has 2 heterocycles. The van der Waals surface area contributed by atoms with Gasteiger partial charge in [-0.2, -0.15) is 0 Å². The molecule has 0 atom stereocenters. The Morgan fingerprint density at radius 1 is 1.37 bits per heavy atom. The molecule has 0 aliphatic rings. The van der Waals surface area contributed by atoms with Crippen molar-refractivity contribution in [3.8, 4) is 0 Å². The lowest BCUT2D eigenvalue weighted by atomic mass is 10.2. The first-order valence-corrected chi connectivity index (χ1v) is 7.35. The van der Waals surface area contributed by atoms with Gasteiger partial charge in [0, 0.05) is 37.4 Å². The van der Waals surface area contributed by atoms with E-state index >= 15 is 0 Å². The van der Waals surface area contributed by atoms with Crippen LogP contribution in [0.4, 0.5) is 0 Å². The molecular weight excluding hydrogens is 258 g/mol. The van der Waals surface area contributed by atoms with Gasteiger partial charge in [0.15, 0.2) is 0 Å². The summed E-state index contributed by atoms with van der Waals surface area (Å²) in [4.78, 5) is 10.9. The number of aliphatic hydroxyl groups is 1. The first kappa shape index (κ1) is 14.1. The van der Waals surface area contributed by atoms with Gasteiger partial charge in [0.1, 0.15) is 0 Å². The fourth-order valence-corrected chi connectivity index (χ4v) is 2.65. The van der Waals surface area contributed by atoms with Crippen molar-refractivity contribution in [1.29, 1.82) is 0 Å². The van der Waals surface area contributed by atoms with E-state index in [-0.39, 0.29) is 6.61 Å². The maximum Gasteiger partial charge on any atom is 0.0926 e. The third-order valence-corrected chi connectivity index (χ3v) is 3.87. The minimum absolute atomic E-state index is 0.158. The lowest BCUT2D eigenvalue weighted by molar-refractivity contribution is 0.183. The summed E-state index contributed by atoms with van der Waals surface area (Å²) in [5.41, 5.74) is 2.24. The highest BCUT2D eigenvalue weighted by Crippen LogP contribution is 2.13. The van der Waals surface area contributed by atoms with Gasteiger partial charge in [0.05, 0.1) is 17.3 Å². The van der Waals surface area contributed by atoms with E-state index < -0.39 is 0 Å². The van der Waals surface area contributed by atoms with Crippen molar-refractivity contribution in [2.24, 2.45) is 0 Å². The van der Waals surface area contributed by atoms with Gasteiger partial charge >= 0.3 is 0 Å². The summed E-state index contributed by atoms with van der Waals surface area (Å²) in [5.74, 6) is 0. The summed E-state index contributed by atoms with van der Waals surface area (Å²) < 4.78 is 0. The molecule has 1 N–H and O–H groups in total. The first-order chi connectivity index (χ1) is 9.31. The molecule has 0 radical (unpaired) electrons. The summed E-state index contributed by atoms with van der Waals surface area (Å²) in [6.45, 7) is 4.47. The molecular formula is C14H19N3OS. The standard InChI is InChI=1S/C14H19N3OS/c1-2-14-16-13(11-19-14)10-17(6-7-18)9-12-4-3-5-15-8-12/h3-5,8,11,18H,2,6-7,9-10H2,1H3. The highest BCUT2D eigenvalue weighted by Gasteiger charge is 2.09. The van der Waals surface area contributed by atoms with Crippen molar-refractivity contribution in [3.05, 3.63) is 46.2 Å². The Balaban J connectivity index is 1.99. The second kappa shape index (κ2) is 7.33. The van der Waals surface area contributed by atoms with Crippen LogP contribution >= 0.6 is 11.3 Å². The van der Waals surface area contributed by atoms with Crippen LogP contribution in [0, 0.1) is 0 Å². The lowest BCUT2D eigenvalue weighted by Crippen LogP contribution is -2.26. The zero-order valence-corrected chi connectivity index (χ0v) is 11.9. The van der Waals surface area contributed by atoms with Crippen LogP contribution in [0.3, 0.4) is 0 Å². The number of aryl methyl sites for hydroxylation is 1. The molecule has 0 fully saturated rings. The average Bonchev–Trinajstić information content (AvgIpc) is 2.88. The van der Waals surface area contributed by atoms with Gasteiger partial charge in [0.25, 0.3) is 0 Å². The number of hydrogen-bond acceptors (Lipinski definition) is 5. The molecule has 0 aliphatic heterocycles. The van der Waals surface area contributed by atoms with Gasteiger partial charge in [-0.1, -0.05) is 13.0 Å². The first-order valence-electron chi connectivity index (χ1n) is 6.47. The zero-order valence-electron chi connectivity index (χ0n) is 11.1. The fourth-order valence-electron chi connectivity index (χ4n) is 1.92. The number of aromatic nitrogens is 2. The van der Waals surface area contributed by atoms with E-state index in [0.717, 1.165) is 30.8 Å². The molecule has 4 nitrogen and oxygen atoms in total. The van der Waals surface area contributed by atoms with Crippen LogP contribution in [0.2, 0.25) is 0 Å². The van der Waals surface area contributed by atoms with Crippen LogP contribution in [-0.2, 0) is 19.5 Å². The van der Waals surface area contributed by atoms with Gasteiger partial charge in [0.2, 0.25) is 0 Å². The summed E-state index contributed by atoms with van der Waals surface area (Å²) in [7, 11) is 0. The maximum atomic E-state index is 9.17. The molecule has 0 spiro atoms. The van der Waals surface area contributed by atoms with Crippen LogP contribution in [0.15, 0.2) is 29.9 Å². The quantitative estimate of drug-likeness (QED) is 0.842. The fraction of sp³-hybridized carbons (Fsp3) is 0.429. The highest BCUT2D eigenvalue weighted by atomic mass is 32.1. The van der Waals surface area contributed by atoms with Gasteiger partial charge in [-0.3, -0.25) is 9.88 Å². The largest absolute Gasteiger partial charge is 0.395 e. The molecule has 102 valence electrons. The molecule has 2 rings (SSSR count). The molecule has 0 aliphatic carbocycles. The predicted octanol–water partition coefficient (Wildman–Crippen LogP) is 2.09. The minimum Gasteiger partial charge on any atom is -0.395 e. The Hall–Kier alpha value is -1.30. The molecule has 0 saturated carbocycles. The van der Waals surface area contributed by atoms with Crippen molar-refractivity contribution < 1.29 is 5.11 Å². The van der Waals surface area contributed by atoms with E-state index in [1.54, 1.807) is 17.5 Å². The molecule has 0 saturated heterocycles. The zero-order chi connectivity index (χ0) is 13.5. The number of hydrogen-bond donors (Lipinski definition) is 1. The van der Waals surface area contributed by atoms with E-state index in [4.69, 9.17) is 5.11 Å². The topological polar surface area (TPSA) is 49.2 Å². The van der Waals surface area contributed by atoms with E-state index in [1.807, 2.05) is 12.3 Å². The SMILES string of the molecule is CCc1nc(CN(CCO)Cc2cccnc2)cs1. The number of nitrogens with zero attached hydrogens (tertiary/aromatic N) is 3. The number of aliphatic hydroxyl groups excluding tert-OH is 1. The van der Waals surface area contributed by atoms with E-state index in [1.165, 1.54) is 5.01 Å². The van der Waals surface area contributed by atoms with Crippen LogP contribution in [0.1, 0.15) is 23.2 Å². The molecule has 2 aromatic rings. The summed E-state index contributed by atoms with van der Waals surface area (Å²) in [5, 5.41) is 12.4. The smallest absolute Gasteiger partial charge is 0.0926 e. The van der Waals surface area contributed by atoms with Crippen molar-refractivity contribution in [3.63, 3.8) is 0 Å². The van der Waals surface area contributed by atoms with E-state index in [0.29, 0.717) is 6.54 Å². The van der Waals surface area contributed by atoms with Crippen molar-refractivity contribution >= 4 is 11.3 Å². The van der Waals surface area contributed by atoms with Crippen molar-refractivity contribution in [1.82, 2.24) is 14.9 Å². The molecule has 0 amide bonds. The van der Waals surface area contributed by atoms with Crippen LogP contribution in [-0.4, -0.2) is 33.1 Å². The third kappa shape index (κ3) is 4.38. The molecule has 0 bridgehead atoms. The Kier molecular flexibility index (Phi) is 5.44. The average molecular weight is 277 g/mol. The molecule has 0 unspecified atom stereocenters. The lowest BCUT2D eigenvalue weighted by Gasteiger charge is -2.20. The van der Waals surface area contributed by atoms with Gasteiger partial charge in [-0.15, -0.1) is 11.3 Å². The Bertz CT molecular complexity index is 486. The number of pyridine rings is 1. The Morgan fingerprint density at radius 3 is 2.89 bits per heavy atom.